The molecule has 0 fully saturated rings. The summed E-state index contributed by atoms with van der Waals surface area (Å²) < 4.78 is 5.22. The Labute approximate surface area is 117 Å². The van der Waals surface area contributed by atoms with E-state index in [1.165, 1.54) is 0 Å². The number of para-hydroxylation sites is 1. The minimum Gasteiger partial charge on any atom is -0.468 e. The van der Waals surface area contributed by atoms with Crippen LogP contribution < -0.4 is 5.32 Å². The van der Waals surface area contributed by atoms with Crippen molar-refractivity contribution in [3.63, 3.8) is 0 Å². The molecule has 100 valence electrons. The maximum absolute atomic E-state index is 11.8. The first-order valence-electron chi connectivity index (χ1n) is 6.27. The van der Waals surface area contributed by atoms with Crippen LogP contribution in [0, 0.1) is 0 Å². The van der Waals surface area contributed by atoms with Crippen molar-refractivity contribution in [1.82, 2.24) is 0 Å². The van der Waals surface area contributed by atoms with Gasteiger partial charge in [0.05, 0.1) is 17.8 Å². The largest absolute Gasteiger partial charge is 0.468 e. The van der Waals surface area contributed by atoms with Crippen molar-refractivity contribution in [3.8, 4) is 0 Å². The molecule has 0 aliphatic carbocycles. The second kappa shape index (κ2) is 7.04. The number of hydrogen-bond donors (Lipinski definition) is 1. The van der Waals surface area contributed by atoms with Crippen molar-refractivity contribution in [2.45, 2.75) is 19.1 Å². The number of carbonyl (C=O) groups is 1. The predicted octanol–water partition coefficient (Wildman–Crippen LogP) is 3.71. The van der Waals surface area contributed by atoms with E-state index in [2.05, 4.69) is 12.2 Å². The van der Waals surface area contributed by atoms with E-state index in [1.54, 1.807) is 18.0 Å². The van der Waals surface area contributed by atoms with E-state index < -0.39 is 0 Å². The van der Waals surface area contributed by atoms with E-state index in [0.29, 0.717) is 5.75 Å². The van der Waals surface area contributed by atoms with Crippen LogP contribution in [0.25, 0.3) is 0 Å². The van der Waals surface area contributed by atoms with Gasteiger partial charge in [0.25, 0.3) is 0 Å². The molecule has 19 heavy (non-hydrogen) atoms. The summed E-state index contributed by atoms with van der Waals surface area (Å²) in [6.45, 7) is 2.08. The van der Waals surface area contributed by atoms with Crippen LogP contribution in [0.2, 0.25) is 0 Å². The molecule has 1 aromatic heterocycles. The number of furan rings is 1. The van der Waals surface area contributed by atoms with Crippen molar-refractivity contribution in [2.24, 2.45) is 0 Å². The van der Waals surface area contributed by atoms with Gasteiger partial charge >= 0.3 is 0 Å². The topological polar surface area (TPSA) is 42.2 Å². The van der Waals surface area contributed by atoms with Crippen LogP contribution in [0.1, 0.15) is 18.2 Å². The van der Waals surface area contributed by atoms with Crippen molar-refractivity contribution in [1.29, 1.82) is 0 Å². The summed E-state index contributed by atoms with van der Waals surface area (Å²) in [6, 6.07) is 11.7. The number of nitrogens with one attached hydrogen (secondary N) is 1. The zero-order chi connectivity index (χ0) is 13.5. The third-order valence-corrected chi connectivity index (χ3v) is 3.68. The molecule has 1 heterocycles. The zero-order valence-corrected chi connectivity index (χ0v) is 11.7. The minimum absolute atomic E-state index is 0.0254. The van der Waals surface area contributed by atoms with Gasteiger partial charge in [0.2, 0.25) is 5.91 Å². The summed E-state index contributed by atoms with van der Waals surface area (Å²) in [4.78, 5) is 11.8. The Bertz CT molecular complexity index is 523. The summed E-state index contributed by atoms with van der Waals surface area (Å²) >= 11 is 1.55. The average Bonchev–Trinajstić information content (AvgIpc) is 2.92. The number of rotatable bonds is 6. The van der Waals surface area contributed by atoms with Crippen LogP contribution in [0.5, 0.6) is 0 Å². The van der Waals surface area contributed by atoms with Gasteiger partial charge in [-0.05, 0) is 30.2 Å². The van der Waals surface area contributed by atoms with E-state index in [-0.39, 0.29) is 5.91 Å². The molecule has 0 saturated carbocycles. The van der Waals surface area contributed by atoms with Gasteiger partial charge in [0.1, 0.15) is 5.76 Å². The smallest absolute Gasteiger partial charge is 0.234 e. The second-order valence-electron chi connectivity index (χ2n) is 4.13. The van der Waals surface area contributed by atoms with Gasteiger partial charge in [-0.25, -0.2) is 0 Å². The highest BCUT2D eigenvalue weighted by Gasteiger charge is 2.06. The van der Waals surface area contributed by atoms with Crippen molar-refractivity contribution < 1.29 is 9.21 Å². The first-order chi connectivity index (χ1) is 9.29. The van der Waals surface area contributed by atoms with Crippen molar-refractivity contribution in [2.75, 3.05) is 11.1 Å². The maximum Gasteiger partial charge on any atom is 0.234 e. The summed E-state index contributed by atoms with van der Waals surface area (Å²) in [5, 5.41) is 2.95. The number of benzene rings is 1. The normalized spacial score (nSPS) is 10.4. The highest BCUT2D eigenvalue weighted by Crippen LogP contribution is 2.17. The molecule has 1 N–H and O–H groups in total. The van der Waals surface area contributed by atoms with Gasteiger partial charge in [-0.1, -0.05) is 25.1 Å². The Morgan fingerprint density at radius 2 is 2.11 bits per heavy atom. The van der Waals surface area contributed by atoms with Crippen molar-refractivity contribution >= 4 is 23.4 Å². The quantitative estimate of drug-likeness (QED) is 0.873. The zero-order valence-electron chi connectivity index (χ0n) is 10.9. The lowest BCUT2D eigenvalue weighted by Crippen LogP contribution is -2.15. The molecule has 0 aliphatic rings. The number of anilines is 1. The van der Waals surface area contributed by atoms with Crippen LogP contribution in [-0.4, -0.2) is 11.7 Å². The fourth-order valence-corrected chi connectivity index (χ4v) is 2.50. The lowest BCUT2D eigenvalue weighted by Gasteiger charge is -2.09. The van der Waals surface area contributed by atoms with Crippen LogP contribution in [-0.2, 0) is 17.0 Å². The second-order valence-corrected chi connectivity index (χ2v) is 5.12. The predicted molar refractivity (Wildman–Crippen MR) is 79.3 cm³/mol. The lowest BCUT2D eigenvalue weighted by atomic mass is 10.1. The number of thioether (sulfide) groups is 1. The van der Waals surface area contributed by atoms with Crippen molar-refractivity contribution in [3.05, 3.63) is 54.0 Å². The van der Waals surface area contributed by atoms with Crippen LogP contribution in [0.15, 0.2) is 47.1 Å². The first-order valence-corrected chi connectivity index (χ1v) is 7.43. The molecule has 0 saturated heterocycles. The highest BCUT2D eigenvalue weighted by molar-refractivity contribution is 7.99. The van der Waals surface area contributed by atoms with Gasteiger partial charge < -0.3 is 9.73 Å². The van der Waals surface area contributed by atoms with Crippen LogP contribution in [0.4, 0.5) is 5.69 Å². The van der Waals surface area contributed by atoms with E-state index in [0.717, 1.165) is 29.2 Å². The van der Waals surface area contributed by atoms with Crippen LogP contribution in [0.3, 0.4) is 0 Å². The monoisotopic (exact) mass is 275 g/mol. The summed E-state index contributed by atoms with van der Waals surface area (Å²) in [5.41, 5.74) is 2.07. The number of carbonyl (C=O) groups excluding carboxylic acids is 1. The van der Waals surface area contributed by atoms with E-state index in [1.807, 2.05) is 36.4 Å². The van der Waals surface area contributed by atoms with Gasteiger partial charge in [-0.2, -0.15) is 0 Å². The molecule has 2 aromatic rings. The fraction of sp³-hybridized carbons (Fsp3) is 0.267. The summed E-state index contributed by atoms with van der Waals surface area (Å²) in [7, 11) is 0. The molecule has 3 nitrogen and oxygen atoms in total. The Morgan fingerprint density at radius 3 is 2.84 bits per heavy atom. The Kier molecular flexibility index (Phi) is 5.10. The highest BCUT2D eigenvalue weighted by atomic mass is 32.2. The SMILES string of the molecule is CCc1ccccc1NC(=O)CSCc1ccco1. The Morgan fingerprint density at radius 1 is 1.26 bits per heavy atom. The molecule has 0 unspecified atom stereocenters. The molecule has 0 atom stereocenters. The first kappa shape index (κ1) is 13.7. The molecule has 1 aromatic carbocycles. The summed E-state index contributed by atoms with van der Waals surface area (Å²) in [6.07, 6.45) is 2.56. The lowest BCUT2D eigenvalue weighted by molar-refractivity contribution is -0.113. The average molecular weight is 275 g/mol. The minimum atomic E-state index is 0.0254. The molecule has 0 spiro atoms. The van der Waals surface area contributed by atoms with E-state index in [9.17, 15) is 4.79 Å². The molecular formula is C15H17NO2S. The van der Waals surface area contributed by atoms with Gasteiger partial charge in [0.15, 0.2) is 0 Å². The molecule has 0 bridgehead atoms. The standard InChI is InChI=1S/C15H17NO2S/c1-2-12-6-3-4-8-14(12)16-15(17)11-19-10-13-7-5-9-18-13/h3-9H,2,10-11H2,1H3,(H,16,17). The third kappa shape index (κ3) is 4.17. The van der Waals surface area contributed by atoms with Gasteiger partial charge in [-0.3, -0.25) is 4.79 Å². The Hall–Kier alpha value is -1.68. The van der Waals surface area contributed by atoms with E-state index in [4.69, 9.17) is 4.42 Å². The number of hydrogen-bond acceptors (Lipinski definition) is 3. The molecule has 4 heteroatoms. The number of aryl methyl sites for hydroxylation is 1. The van der Waals surface area contributed by atoms with Crippen LogP contribution >= 0.6 is 11.8 Å². The van der Waals surface area contributed by atoms with Gasteiger partial charge in [0, 0.05) is 5.69 Å². The van der Waals surface area contributed by atoms with E-state index >= 15 is 0 Å². The maximum atomic E-state index is 11.8. The molecular weight excluding hydrogens is 258 g/mol. The fourth-order valence-electron chi connectivity index (χ4n) is 1.78. The molecule has 0 radical (unpaired) electrons. The molecule has 2 rings (SSSR count). The molecule has 0 aliphatic heterocycles. The summed E-state index contributed by atoms with van der Waals surface area (Å²) in [5.74, 6) is 2.07. The molecule has 1 amide bonds. The number of amides is 1. The third-order valence-electron chi connectivity index (χ3n) is 2.73. The van der Waals surface area contributed by atoms with Gasteiger partial charge in [-0.15, -0.1) is 11.8 Å². The Balaban J connectivity index is 1.80.